The highest BCUT2D eigenvalue weighted by molar-refractivity contribution is 7.98. The summed E-state index contributed by atoms with van der Waals surface area (Å²) in [6, 6.07) is -0.535. The molecule has 0 spiro atoms. The second-order valence-corrected chi connectivity index (χ2v) is 5.10. The minimum atomic E-state index is -0.535. The van der Waals surface area contributed by atoms with Crippen LogP contribution in [0.3, 0.4) is 0 Å². The molecule has 0 aliphatic rings. The average Bonchev–Trinajstić information content (AvgIpc) is 2.44. The molecule has 0 saturated heterocycles. The first-order valence-electron chi connectivity index (χ1n) is 6.40. The lowest BCUT2D eigenvalue weighted by Gasteiger charge is -2.11. The van der Waals surface area contributed by atoms with Gasteiger partial charge in [0.1, 0.15) is 0 Å². The lowest BCUT2D eigenvalue weighted by Crippen LogP contribution is -2.36. The lowest BCUT2D eigenvalue weighted by molar-refractivity contribution is -0.117. The summed E-state index contributed by atoms with van der Waals surface area (Å²) in [4.78, 5) is 16.1. The fourth-order valence-corrected chi connectivity index (χ4v) is 2.06. The number of amides is 1. The van der Waals surface area contributed by atoms with E-state index in [1.54, 1.807) is 11.8 Å². The SMILES string of the molecule is CCc1nnc(NC(=O)[C@@H](N)CCSC)nc1CC. The Morgan fingerprint density at radius 3 is 2.58 bits per heavy atom. The maximum absolute atomic E-state index is 11.8. The highest BCUT2D eigenvalue weighted by Crippen LogP contribution is 2.07. The summed E-state index contributed by atoms with van der Waals surface area (Å²) < 4.78 is 0. The average molecular weight is 283 g/mol. The van der Waals surface area contributed by atoms with E-state index in [4.69, 9.17) is 5.73 Å². The maximum atomic E-state index is 11.8. The Balaban J connectivity index is 2.69. The molecule has 0 saturated carbocycles. The number of thioether (sulfide) groups is 1. The van der Waals surface area contributed by atoms with Gasteiger partial charge in [0.2, 0.25) is 11.9 Å². The molecule has 0 aliphatic carbocycles. The van der Waals surface area contributed by atoms with E-state index in [0.717, 1.165) is 30.0 Å². The highest BCUT2D eigenvalue weighted by Gasteiger charge is 2.15. The van der Waals surface area contributed by atoms with Crippen molar-refractivity contribution in [3.63, 3.8) is 0 Å². The van der Waals surface area contributed by atoms with Gasteiger partial charge in [-0.05, 0) is 31.3 Å². The molecule has 7 heteroatoms. The Morgan fingerprint density at radius 2 is 2.00 bits per heavy atom. The van der Waals surface area contributed by atoms with Crippen LogP contribution in [0.1, 0.15) is 31.7 Å². The van der Waals surface area contributed by atoms with Crippen molar-refractivity contribution in [1.29, 1.82) is 0 Å². The Hall–Kier alpha value is -1.21. The van der Waals surface area contributed by atoms with Crippen molar-refractivity contribution in [2.24, 2.45) is 5.73 Å². The largest absolute Gasteiger partial charge is 0.320 e. The molecule has 0 bridgehead atoms. The molecule has 19 heavy (non-hydrogen) atoms. The van der Waals surface area contributed by atoms with Gasteiger partial charge in [-0.15, -0.1) is 10.2 Å². The Labute approximate surface area is 118 Å². The molecular weight excluding hydrogens is 262 g/mol. The van der Waals surface area contributed by atoms with Crippen molar-refractivity contribution in [3.8, 4) is 0 Å². The van der Waals surface area contributed by atoms with Crippen LogP contribution in [-0.2, 0) is 17.6 Å². The fourth-order valence-electron chi connectivity index (χ4n) is 1.57. The van der Waals surface area contributed by atoms with E-state index in [-0.39, 0.29) is 11.9 Å². The highest BCUT2D eigenvalue weighted by atomic mass is 32.2. The maximum Gasteiger partial charge on any atom is 0.249 e. The minimum absolute atomic E-state index is 0.235. The van der Waals surface area contributed by atoms with Crippen LogP contribution in [0.15, 0.2) is 0 Å². The van der Waals surface area contributed by atoms with Gasteiger partial charge in [-0.3, -0.25) is 10.1 Å². The number of nitrogens with zero attached hydrogens (tertiary/aromatic N) is 3. The zero-order valence-corrected chi connectivity index (χ0v) is 12.5. The molecule has 0 unspecified atom stereocenters. The van der Waals surface area contributed by atoms with Crippen molar-refractivity contribution in [2.45, 2.75) is 39.2 Å². The monoisotopic (exact) mass is 283 g/mol. The van der Waals surface area contributed by atoms with Crippen molar-refractivity contribution in [1.82, 2.24) is 15.2 Å². The number of aryl methyl sites for hydroxylation is 2. The molecule has 1 atom stereocenters. The normalized spacial score (nSPS) is 12.2. The molecule has 106 valence electrons. The molecule has 0 fully saturated rings. The summed E-state index contributed by atoms with van der Waals surface area (Å²) >= 11 is 1.66. The number of anilines is 1. The van der Waals surface area contributed by atoms with Crippen LogP contribution < -0.4 is 11.1 Å². The second-order valence-electron chi connectivity index (χ2n) is 4.11. The summed E-state index contributed by atoms with van der Waals surface area (Å²) in [5.41, 5.74) is 7.51. The molecule has 1 aromatic heterocycles. The molecule has 1 heterocycles. The van der Waals surface area contributed by atoms with E-state index < -0.39 is 6.04 Å². The van der Waals surface area contributed by atoms with E-state index in [2.05, 4.69) is 20.5 Å². The van der Waals surface area contributed by atoms with Gasteiger partial charge in [-0.2, -0.15) is 11.8 Å². The topological polar surface area (TPSA) is 93.8 Å². The smallest absolute Gasteiger partial charge is 0.249 e. The summed E-state index contributed by atoms with van der Waals surface area (Å²) in [7, 11) is 0. The van der Waals surface area contributed by atoms with Gasteiger partial charge < -0.3 is 5.73 Å². The van der Waals surface area contributed by atoms with Gasteiger partial charge in [0.15, 0.2) is 0 Å². The van der Waals surface area contributed by atoms with Crippen LogP contribution in [0.25, 0.3) is 0 Å². The first-order valence-corrected chi connectivity index (χ1v) is 7.79. The number of carbonyl (C=O) groups is 1. The van der Waals surface area contributed by atoms with E-state index in [0.29, 0.717) is 6.42 Å². The van der Waals surface area contributed by atoms with Crippen LogP contribution in [0.4, 0.5) is 5.95 Å². The van der Waals surface area contributed by atoms with E-state index >= 15 is 0 Å². The molecule has 1 aromatic rings. The Morgan fingerprint density at radius 1 is 1.32 bits per heavy atom. The van der Waals surface area contributed by atoms with E-state index in [1.807, 2.05) is 20.1 Å². The molecule has 3 N–H and O–H groups in total. The van der Waals surface area contributed by atoms with Gasteiger partial charge in [0.05, 0.1) is 17.4 Å². The number of nitrogens with two attached hydrogens (primary N) is 1. The standard InChI is InChI=1S/C12H21N5OS/c1-4-9-10(5-2)16-17-12(14-9)15-11(18)8(13)6-7-19-3/h8H,4-7,13H2,1-3H3,(H,14,15,17,18)/t8-/m0/s1. The van der Waals surface area contributed by atoms with Gasteiger partial charge in [-0.25, -0.2) is 4.98 Å². The van der Waals surface area contributed by atoms with Crippen molar-refractivity contribution in [2.75, 3.05) is 17.3 Å². The summed E-state index contributed by atoms with van der Waals surface area (Å²) in [5, 5.41) is 10.6. The van der Waals surface area contributed by atoms with Gasteiger partial charge in [0.25, 0.3) is 0 Å². The quantitative estimate of drug-likeness (QED) is 0.776. The van der Waals surface area contributed by atoms with Crippen molar-refractivity contribution < 1.29 is 4.79 Å². The Bertz CT molecular complexity index is 427. The number of rotatable bonds is 7. The van der Waals surface area contributed by atoms with Crippen molar-refractivity contribution in [3.05, 3.63) is 11.4 Å². The van der Waals surface area contributed by atoms with Crippen molar-refractivity contribution >= 4 is 23.6 Å². The summed E-state index contributed by atoms with van der Waals surface area (Å²) in [6.07, 6.45) is 4.16. The Kier molecular flexibility index (Phi) is 6.72. The molecule has 1 rings (SSSR count). The van der Waals surface area contributed by atoms with Gasteiger partial charge >= 0.3 is 0 Å². The number of nitrogens with one attached hydrogen (secondary N) is 1. The predicted molar refractivity (Wildman–Crippen MR) is 78.2 cm³/mol. The van der Waals surface area contributed by atoms with Crippen LogP contribution in [0, 0.1) is 0 Å². The first-order chi connectivity index (χ1) is 9.12. The molecule has 0 aliphatic heterocycles. The van der Waals surface area contributed by atoms with Crippen LogP contribution in [0.2, 0.25) is 0 Å². The third kappa shape index (κ3) is 4.76. The van der Waals surface area contributed by atoms with Crippen LogP contribution in [-0.4, -0.2) is 39.1 Å². The van der Waals surface area contributed by atoms with Gasteiger partial charge in [0, 0.05) is 0 Å². The fraction of sp³-hybridized carbons (Fsp3) is 0.667. The van der Waals surface area contributed by atoms with Crippen LogP contribution in [0.5, 0.6) is 0 Å². The zero-order valence-electron chi connectivity index (χ0n) is 11.6. The zero-order chi connectivity index (χ0) is 14.3. The number of aromatic nitrogens is 3. The lowest BCUT2D eigenvalue weighted by atomic mass is 10.2. The molecule has 6 nitrogen and oxygen atoms in total. The minimum Gasteiger partial charge on any atom is -0.320 e. The summed E-state index contributed by atoms with van der Waals surface area (Å²) in [6.45, 7) is 4.00. The summed E-state index contributed by atoms with van der Waals surface area (Å²) in [5.74, 6) is 0.823. The molecule has 0 aromatic carbocycles. The third-order valence-corrected chi connectivity index (χ3v) is 3.36. The molecule has 1 amide bonds. The van der Waals surface area contributed by atoms with Crippen LogP contribution >= 0.6 is 11.8 Å². The predicted octanol–water partition coefficient (Wildman–Crippen LogP) is 1.02. The third-order valence-electron chi connectivity index (χ3n) is 2.71. The number of hydrogen-bond donors (Lipinski definition) is 2. The second kappa shape index (κ2) is 8.06. The van der Waals surface area contributed by atoms with E-state index in [9.17, 15) is 4.79 Å². The van der Waals surface area contributed by atoms with E-state index in [1.165, 1.54) is 0 Å². The number of carbonyl (C=O) groups excluding carboxylic acids is 1. The van der Waals surface area contributed by atoms with Gasteiger partial charge in [-0.1, -0.05) is 13.8 Å². The molecular formula is C12H21N5OS. The molecule has 0 radical (unpaired) electrons. The first kappa shape index (κ1) is 15.8. The number of hydrogen-bond acceptors (Lipinski definition) is 6.